The van der Waals surface area contributed by atoms with Gasteiger partial charge in [0.1, 0.15) is 0 Å². The minimum atomic E-state index is 0.621. The minimum absolute atomic E-state index is 0.621. The maximum Gasteiger partial charge on any atom is 0.0673 e. The Bertz CT molecular complexity index is 159. The quantitative estimate of drug-likeness (QED) is 0.547. The van der Waals surface area contributed by atoms with Crippen LogP contribution >= 0.6 is 0 Å². The molecule has 0 heterocycles. The summed E-state index contributed by atoms with van der Waals surface area (Å²) >= 11 is 0. The van der Waals surface area contributed by atoms with E-state index in [4.69, 9.17) is 4.74 Å². The molecule has 1 nitrogen and oxygen atoms in total. The first kappa shape index (κ1) is 12.4. The number of rotatable bonds is 7. The molecule has 13 heavy (non-hydrogen) atoms. The topological polar surface area (TPSA) is 9.23 Å². The molecule has 76 valence electrons. The molecule has 0 aliphatic carbocycles. The zero-order valence-corrected chi connectivity index (χ0v) is 9.18. The van der Waals surface area contributed by atoms with Crippen molar-refractivity contribution >= 4 is 0 Å². The molecule has 0 spiro atoms. The van der Waals surface area contributed by atoms with Gasteiger partial charge in [-0.2, -0.15) is 0 Å². The van der Waals surface area contributed by atoms with E-state index in [0.29, 0.717) is 5.92 Å². The van der Waals surface area contributed by atoms with E-state index in [9.17, 15) is 0 Å². The highest BCUT2D eigenvalue weighted by Crippen LogP contribution is 2.08. The summed E-state index contributed by atoms with van der Waals surface area (Å²) in [5, 5.41) is 0. The summed E-state index contributed by atoms with van der Waals surface area (Å²) in [5.41, 5.74) is 1.33. The maximum absolute atomic E-state index is 5.29. The number of allylic oxidation sites excluding steroid dienone is 2. The number of hydrogen-bond donors (Lipinski definition) is 0. The first-order chi connectivity index (χ1) is 6.20. The molecule has 0 aromatic rings. The molecule has 0 fully saturated rings. The van der Waals surface area contributed by atoms with Gasteiger partial charge in [-0.05, 0) is 32.6 Å². The van der Waals surface area contributed by atoms with Gasteiger partial charge in [-0.3, -0.25) is 0 Å². The van der Waals surface area contributed by atoms with Crippen molar-refractivity contribution in [3.05, 3.63) is 24.3 Å². The number of ether oxygens (including phenoxy) is 1. The lowest BCUT2D eigenvalue weighted by Crippen LogP contribution is -1.95. The third kappa shape index (κ3) is 7.79. The molecule has 0 bridgehead atoms. The fourth-order valence-electron chi connectivity index (χ4n) is 1.03. The van der Waals surface area contributed by atoms with Crippen LogP contribution in [0.5, 0.6) is 0 Å². The molecule has 1 atom stereocenters. The van der Waals surface area contributed by atoms with Gasteiger partial charge < -0.3 is 4.74 Å². The molecule has 0 aliphatic heterocycles. The summed E-state index contributed by atoms with van der Waals surface area (Å²) in [6.07, 6.45) is 6.58. The molecule has 0 amide bonds. The van der Waals surface area contributed by atoms with Crippen LogP contribution in [-0.2, 0) is 4.74 Å². The van der Waals surface area contributed by atoms with Gasteiger partial charge in [0, 0.05) is 6.61 Å². The SMILES string of the molecule is C=CC(C)CCC=C(C)COCC. The van der Waals surface area contributed by atoms with Crippen molar-refractivity contribution in [3.8, 4) is 0 Å². The van der Waals surface area contributed by atoms with Crippen molar-refractivity contribution in [3.63, 3.8) is 0 Å². The first-order valence-corrected chi connectivity index (χ1v) is 5.06. The van der Waals surface area contributed by atoms with E-state index >= 15 is 0 Å². The standard InChI is InChI=1S/C12H22O/c1-5-11(3)8-7-9-12(4)10-13-6-2/h5,9,11H,1,6-8,10H2,2-4H3. The third-order valence-corrected chi connectivity index (χ3v) is 2.05. The average Bonchev–Trinajstić information content (AvgIpc) is 2.14. The van der Waals surface area contributed by atoms with E-state index in [1.165, 1.54) is 12.0 Å². The summed E-state index contributed by atoms with van der Waals surface area (Å²) in [4.78, 5) is 0. The fourth-order valence-corrected chi connectivity index (χ4v) is 1.03. The van der Waals surface area contributed by atoms with Crippen LogP contribution in [-0.4, -0.2) is 13.2 Å². The van der Waals surface area contributed by atoms with Gasteiger partial charge >= 0.3 is 0 Å². The van der Waals surface area contributed by atoms with Crippen molar-refractivity contribution in [2.45, 2.75) is 33.6 Å². The zero-order chi connectivity index (χ0) is 10.1. The fraction of sp³-hybridized carbons (Fsp3) is 0.667. The monoisotopic (exact) mass is 182 g/mol. The van der Waals surface area contributed by atoms with Crippen LogP contribution in [0, 0.1) is 5.92 Å². The first-order valence-electron chi connectivity index (χ1n) is 5.06. The third-order valence-electron chi connectivity index (χ3n) is 2.05. The molecule has 0 aliphatic rings. The largest absolute Gasteiger partial charge is 0.377 e. The van der Waals surface area contributed by atoms with Crippen LogP contribution in [0.15, 0.2) is 24.3 Å². The van der Waals surface area contributed by atoms with Crippen LogP contribution in [0.1, 0.15) is 33.6 Å². The molecule has 0 aromatic carbocycles. The van der Waals surface area contributed by atoms with Gasteiger partial charge in [-0.15, -0.1) is 6.58 Å². The highest BCUT2D eigenvalue weighted by Gasteiger charge is 1.94. The van der Waals surface area contributed by atoms with E-state index in [1.54, 1.807) is 0 Å². The summed E-state index contributed by atoms with van der Waals surface area (Å²) < 4.78 is 5.29. The van der Waals surface area contributed by atoms with Gasteiger partial charge in [0.05, 0.1) is 6.61 Å². The summed E-state index contributed by atoms with van der Waals surface area (Å²) in [5.74, 6) is 0.621. The predicted octanol–water partition coefficient (Wildman–Crippen LogP) is 3.57. The van der Waals surface area contributed by atoms with Crippen molar-refractivity contribution in [2.75, 3.05) is 13.2 Å². The molecule has 1 heteroatoms. The zero-order valence-electron chi connectivity index (χ0n) is 9.18. The lowest BCUT2D eigenvalue weighted by atomic mass is 10.1. The molecule has 0 saturated carbocycles. The second-order valence-electron chi connectivity index (χ2n) is 3.48. The Morgan fingerprint density at radius 3 is 2.77 bits per heavy atom. The Hall–Kier alpha value is -0.560. The van der Waals surface area contributed by atoms with Crippen LogP contribution in [0.2, 0.25) is 0 Å². The number of hydrogen-bond acceptors (Lipinski definition) is 1. The Morgan fingerprint density at radius 1 is 1.54 bits per heavy atom. The van der Waals surface area contributed by atoms with E-state index < -0.39 is 0 Å². The van der Waals surface area contributed by atoms with E-state index in [2.05, 4.69) is 26.5 Å². The summed E-state index contributed by atoms with van der Waals surface area (Å²) in [6.45, 7) is 11.7. The molecule has 0 aromatic heterocycles. The van der Waals surface area contributed by atoms with Gasteiger partial charge in [-0.1, -0.05) is 24.6 Å². The lowest BCUT2D eigenvalue weighted by molar-refractivity contribution is 0.170. The summed E-state index contributed by atoms with van der Waals surface area (Å²) in [6, 6.07) is 0. The van der Waals surface area contributed by atoms with Crippen molar-refractivity contribution < 1.29 is 4.74 Å². The van der Waals surface area contributed by atoms with E-state index in [1.807, 2.05) is 13.0 Å². The molecular formula is C12H22O. The maximum atomic E-state index is 5.29. The van der Waals surface area contributed by atoms with Gasteiger partial charge in [0.25, 0.3) is 0 Å². The van der Waals surface area contributed by atoms with Crippen molar-refractivity contribution in [1.29, 1.82) is 0 Å². The molecular weight excluding hydrogens is 160 g/mol. The Labute approximate surface area is 82.5 Å². The second kappa shape index (κ2) is 8.06. The van der Waals surface area contributed by atoms with Gasteiger partial charge in [0.15, 0.2) is 0 Å². The Balaban J connectivity index is 3.52. The van der Waals surface area contributed by atoms with E-state index in [0.717, 1.165) is 19.6 Å². The van der Waals surface area contributed by atoms with Crippen molar-refractivity contribution in [1.82, 2.24) is 0 Å². The normalized spacial score (nSPS) is 14.2. The van der Waals surface area contributed by atoms with Crippen LogP contribution in [0.25, 0.3) is 0 Å². The van der Waals surface area contributed by atoms with Crippen LogP contribution in [0.4, 0.5) is 0 Å². The smallest absolute Gasteiger partial charge is 0.0673 e. The molecule has 0 radical (unpaired) electrons. The lowest BCUT2D eigenvalue weighted by Gasteiger charge is -2.04. The van der Waals surface area contributed by atoms with Crippen LogP contribution in [0.3, 0.4) is 0 Å². The van der Waals surface area contributed by atoms with Crippen molar-refractivity contribution in [2.24, 2.45) is 5.92 Å². The Morgan fingerprint density at radius 2 is 2.23 bits per heavy atom. The minimum Gasteiger partial charge on any atom is -0.377 e. The van der Waals surface area contributed by atoms with Gasteiger partial charge in [-0.25, -0.2) is 0 Å². The predicted molar refractivity (Wildman–Crippen MR) is 58.8 cm³/mol. The molecule has 0 saturated heterocycles. The molecule has 0 rings (SSSR count). The molecule has 1 unspecified atom stereocenters. The van der Waals surface area contributed by atoms with Crippen LogP contribution < -0.4 is 0 Å². The second-order valence-corrected chi connectivity index (χ2v) is 3.48. The molecule has 0 N–H and O–H groups in total. The van der Waals surface area contributed by atoms with E-state index in [-0.39, 0.29) is 0 Å². The van der Waals surface area contributed by atoms with Gasteiger partial charge in [0.2, 0.25) is 0 Å². The highest BCUT2D eigenvalue weighted by atomic mass is 16.5. The Kier molecular flexibility index (Phi) is 7.71. The summed E-state index contributed by atoms with van der Waals surface area (Å²) in [7, 11) is 0. The average molecular weight is 182 g/mol. The highest BCUT2D eigenvalue weighted by molar-refractivity contribution is 4.98.